The van der Waals surface area contributed by atoms with Crippen LogP contribution in [-0.4, -0.2) is 75.0 Å². The molecule has 25 heavy (non-hydrogen) atoms. The van der Waals surface area contributed by atoms with Gasteiger partial charge in [-0.1, -0.05) is 12.8 Å². The fourth-order valence-electron chi connectivity index (χ4n) is 4.05. The molecule has 1 amide bonds. The Kier molecular flexibility index (Phi) is 6.12. The molecule has 0 aromatic carbocycles. The van der Waals surface area contributed by atoms with E-state index in [2.05, 4.69) is 38.1 Å². The Balaban J connectivity index is 1.54. The fourth-order valence-corrected chi connectivity index (χ4v) is 4.05. The summed E-state index contributed by atoms with van der Waals surface area (Å²) in [6.07, 6.45) is 8.71. The highest BCUT2D eigenvalue weighted by Gasteiger charge is 2.32. The van der Waals surface area contributed by atoms with Gasteiger partial charge in [0, 0.05) is 58.2 Å². The van der Waals surface area contributed by atoms with Crippen LogP contribution in [0, 0.1) is 0 Å². The molecule has 2 aliphatic heterocycles. The van der Waals surface area contributed by atoms with E-state index >= 15 is 0 Å². The second-order valence-corrected chi connectivity index (χ2v) is 7.68. The molecule has 6 nitrogen and oxygen atoms in total. The van der Waals surface area contributed by atoms with Crippen molar-refractivity contribution in [2.75, 3.05) is 32.7 Å². The quantitative estimate of drug-likeness (QED) is 0.832. The number of aromatic nitrogens is 2. The van der Waals surface area contributed by atoms with Gasteiger partial charge in [-0.2, -0.15) is 0 Å². The molecule has 140 valence electrons. The summed E-state index contributed by atoms with van der Waals surface area (Å²) in [4.78, 5) is 24.3. The number of hydrogen-bond acceptors (Lipinski definition) is 4. The highest BCUT2D eigenvalue weighted by atomic mass is 16.2. The number of piperazine rings is 1. The van der Waals surface area contributed by atoms with Crippen molar-refractivity contribution in [1.29, 1.82) is 0 Å². The maximum atomic E-state index is 12.9. The molecule has 0 saturated carbocycles. The number of hydrogen-bond donors (Lipinski definition) is 0. The first-order valence-electron chi connectivity index (χ1n) is 9.79. The van der Waals surface area contributed by atoms with Gasteiger partial charge in [0.25, 0.3) is 0 Å². The number of aryl methyl sites for hydroxylation is 1. The van der Waals surface area contributed by atoms with Crippen LogP contribution < -0.4 is 0 Å². The third kappa shape index (κ3) is 4.42. The number of rotatable bonds is 4. The minimum Gasteiger partial charge on any atom is -0.341 e. The van der Waals surface area contributed by atoms with Gasteiger partial charge in [0.05, 0.1) is 12.6 Å². The summed E-state index contributed by atoms with van der Waals surface area (Å²) < 4.78 is 2.09. The first kappa shape index (κ1) is 18.4. The summed E-state index contributed by atoms with van der Waals surface area (Å²) in [5, 5.41) is 0. The van der Waals surface area contributed by atoms with Gasteiger partial charge < -0.3 is 9.47 Å². The molecular weight excluding hydrogens is 314 g/mol. The lowest BCUT2D eigenvalue weighted by atomic mass is 10.1. The number of imidazole rings is 1. The standard InChI is InChI=1S/C19H33N5O/c1-16-14-24(13-12-23(16)15-18-20-8-11-21(18)3)17(2)19(25)22-9-6-4-5-7-10-22/h8,11,16-17H,4-7,9-10,12-15H2,1-3H3/t16-,17+/m1/s1. The van der Waals surface area contributed by atoms with Crippen LogP contribution in [0.4, 0.5) is 0 Å². The SMILES string of the molecule is C[C@@H]1CN([C@@H](C)C(=O)N2CCCCCC2)CCN1Cc1nccn1C. The minimum absolute atomic E-state index is 0.00383. The molecule has 2 fully saturated rings. The topological polar surface area (TPSA) is 44.6 Å². The van der Waals surface area contributed by atoms with Gasteiger partial charge in [-0.3, -0.25) is 14.6 Å². The lowest BCUT2D eigenvalue weighted by molar-refractivity contribution is -0.137. The molecule has 0 aliphatic carbocycles. The zero-order valence-corrected chi connectivity index (χ0v) is 16.0. The molecule has 0 unspecified atom stereocenters. The summed E-state index contributed by atoms with van der Waals surface area (Å²) in [6.45, 7) is 10.0. The maximum absolute atomic E-state index is 12.9. The Bertz CT molecular complexity index is 564. The summed E-state index contributed by atoms with van der Waals surface area (Å²) in [5.41, 5.74) is 0. The summed E-state index contributed by atoms with van der Waals surface area (Å²) >= 11 is 0. The lowest BCUT2D eigenvalue weighted by Crippen LogP contribution is -2.57. The first-order chi connectivity index (χ1) is 12.1. The van der Waals surface area contributed by atoms with Gasteiger partial charge in [-0.05, 0) is 26.7 Å². The smallest absolute Gasteiger partial charge is 0.239 e. The van der Waals surface area contributed by atoms with Crippen molar-refractivity contribution in [2.24, 2.45) is 7.05 Å². The van der Waals surface area contributed by atoms with E-state index in [1.54, 1.807) is 0 Å². The van der Waals surface area contributed by atoms with Crippen molar-refractivity contribution >= 4 is 5.91 Å². The number of nitrogens with zero attached hydrogens (tertiary/aromatic N) is 5. The molecule has 2 aliphatic rings. The largest absolute Gasteiger partial charge is 0.341 e. The van der Waals surface area contributed by atoms with Gasteiger partial charge in [-0.15, -0.1) is 0 Å². The van der Waals surface area contributed by atoms with Crippen molar-refractivity contribution in [2.45, 2.75) is 58.2 Å². The molecule has 0 bridgehead atoms. The second-order valence-electron chi connectivity index (χ2n) is 7.68. The van der Waals surface area contributed by atoms with Gasteiger partial charge in [0.1, 0.15) is 5.82 Å². The molecule has 1 aromatic rings. The second kappa shape index (κ2) is 8.32. The summed E-state index contributed by atoms with van der Waals surface area (Å²) in [7, 11) is 2.05. The molecule has 0 radical (unpaired) electrons. The summed E-state index contributed by atoms with van der Waals surface area (Å²) in [6, 6.07) is 0.431. The fraction of sp³-hybridized carbons (Fsp3) is 0.789. The highest BCUT2D eigenvalue weighted by molar-refractivity contribution is 5.81. The van der Waals surface area contributed by atoms with E-state index in [1.807, 2.05) is 19.4 Å². The molecule has 3 rings (SSSR count). The van der Waals surface area contributed by atoms with Crippen LogP contribution in [0.3, 0.4) is 0 Å². The van der Waals surface area contributed by atoms with E-state index in [0.717, 1.165) is 57.9 Å². The van der Waals surface area contributed by atoms with Crippen LogP contribution in [0.25, 0.3) is 0 Å². The number of carbonyl (C=O) groups is 1. The van der Waals surface area contributed by atoms with Crippen molar-refractivity contribution in [1.82, 2.24) is 24.3 Å². The number of carbonyl (C=O) groups excluding carboxylic acids is 1. The molecular formula is C19H33N5O. The summed E-state index contributed by atoms with van der Waals surface area (Å²) in [5.74, 6) is 1.43. The van der Waals surface area contributed by atoms with E-state index in [0.29, 0.717) is 11.9 Å². The van der Waals surface area contributed by atoms with E-state index < -0.39 is 0 Å². The van der Waals surface area contributed by atoms with Crippen molar-refractivity contribution in [3.63, 3.8) is 0 Å². The molecule has 0 N–H and O–H groups in total. The van der Waals surface area contributed by atoms with Gasteiger partial charge in [0.2, 0.25) is 5.91 Å². The van der Waals surface area contributed by atoms with Gasteiger partial charge >= 0.3 is 0 Å². The first-order valence-corrected chi connectivity index (χ1v) is 9.79. The third-order valence-corrected chi connectivity index (χ3v) is 5.88. The normalized spacial score (nSPS) is 24.9. The minimum atomic E-state index is -0.00383. The Morgan fingerprint density at radius 1 is 1.20 bits per heavy atom. The molecule has 3 heterocycles. The maximum Gasteiger partial charge on any atom is 0.239 e. The van der Waals surface area contributed by atoms with Crippen molar-refractivity contribution < 1.29 is 4.79 Å². The molecule has 6 heteroatoms. The molecule has 0 spiro atoms. The average molecular weight is 348 g/mol. The average Bonchev–Trinajstić information content (AvgIpc) is 2.86. The zero-order chi connectivity index (χ0) is 17.8. The predicted molar refractivity (Wildman–Crippen MR) is 99.2 cm³/mol. The van der Waals surface area contributed by atoms with Gasteiger partial charge in [0.15, 0.2) is 0 Å². The van der Waals surface area contributed by atoms with Crippen LogP contribution in [0.2, 0.25) is 0 Å². The van der Waals surface area contributed by atoms with E-state index in [4.69, 9.17) is 0 Å². The molecule has 2 saturated heterocycles. The monoisotopic (exact) mass is 347 g/mol. The van der Waals surface area contributed by atoms with Crippen LogP contribution in [-0.2, 0) is 18.4 Å². The van der Waals surface area contributed by atoms with Crippen LogP contribution >= 0.6 is 0 Å². The van der Waals surface area contributed by atoms with Gasteiger partial charge in [-0.25, -0.2) is 4.98 Å². The highest BCUT2D eigenvalue weighted by Crippen LogP contribution is 2.18. The Morgan fingerprint density at radius 2 is 1.92 bits per heavy atom. The Morgan fingerprint density at radius 3 is 2.52 bits per heavy atom. The lowest BCUT2D eigenvalue weighted by Gasteiger charge is -2.42. The Labute approximate surface area is 151 Å². The zero-order valence-electron chi connectivity index (χ0n) is 16.0. The van der Waals surface area contributed by atoms with E-state index in [9.17, 15) is 4.79 Å². The van der Waals surface area contributed by atoms with Crippen molar-refractivity contribution in [3.05, 3.63) is 18.2 Å². The van der Waals surface area contributed by atoms with E-state index in [1.165, 1.54) is 12.8 Å². The van der Waals surface area contributed by atoms with Crippen LogP contribution in [0.15, 0.2) is 12.4 Å². The predicted octanol–water partition coefficient (Wildman–Crippen LogP) is 1.72. The number of likely N-dealkylation sites (tertiary alicyclic amines) is 1. The third-order valence-electron chi connectivity index (χ3n) is 5.88. The molecule has 2 atom stereocenters. The van der Waals surface area contributed by atoms with Crippen molar-refractivity contribution in [3.8, 4) is 0 Å². The number of amides is 1. The Hall–Kier alpha value is -1.40. The molecule has 1 aromatic heterocycles. The van der Waals surface area contributed by atoms with Crippen LogP contribution in [0.1, 0.15) is 45.4 Å². The van der Waals surface area contributed by atoms with Crippen LogP contribution in [0.5, 0.6) is 0 Å². The van der Waals surface area contributed by atoms with E-state index in [-0.39, 0.29) is 6.04 Å².